The summed E-state index contributed by atoms with van der Waals surface area (Å²) in [6, 6.07) is 13.2. The topological polar surface area (TPSA) is 64.4 Å². The summed E-state index contributed by atoms with van der Waals surface area (Å²) < 4.78 is 18.6. The monoisotopic (exact) mass is 366 g/mol. The van der Waals surface area contributed by atoms with Gasteiger partial charge in [0, 0.05) is 11.8 Å². The number of carbonyl (C=O) groups excluding carboxylic acids is 1. The number of ether oxygens (including phenoxy) is 1. The Kier molecular flexibility index (Phi) is 7.87. The number of anilines is 1. The van der Waals surface area contributed by atoms with Crippen molar-refractivity contribution >= 4 is 24.0 Å². The van der Waals surface area contributed by atoms with Gasteiger partial charge in [-0.2, -0.15) is 0 Å². The van der Waals surface area contributed by atoms with E-state index < -0.39 is 5.54 Å². The smallest absolute Gasteiger partial charge is 0.244 e. The number of benzene rings is 2. The minimum absolute atomic E-state index is 0. The largest absolute Gasteiger partial charge is 0.489 e. The molecule has 2 rings (SSSR count). The third-order valence-electron chi connectivity index (χ3n) is 3.70. The molecule has 0 spiro atoms. The molecule has 0 bridgehead atoms. The third kappa shape index (κ3) is 6.36. The summed E-state index contributed by atoms with van der Waals surface area (Å²) in [5, 5.41) is 2.82. The van der Waals surface area contributed by atoms with Gasteiger partial charge in [0.15, 0.2) is 0 Å². The highest BCUT2D eigenvalue weighted by Crippen LogP contribution is 2.20. The highest BCUT2D eigenvalue weighted by atomic mass is 35.5. The average molecular weight is 367 g/mol. The van der Waals surface area contributed by atoms with E-state index in [4.69, 9.17) is 10.5 Å². The van der Waals surface area contributed by atoms with Crippen molar-refractivity contribution < 1.29 is 13.9 Å². The van der Waals surface area contributed by atoms with Gasteiger partial charge in [-0.3, -0.25) is 4.79 Å². The third-order valence-corrected chi connectivity index (χ3v) is 3.70. The van der Waals surface area contributed by atoms with E-state index in [9.17, 15) is 9.18 Å². The van der Waals surface area contributed by atoms with Crippen LogP contribution in [0.25, 0.3) is 0 Å². The zero-order chi connectivity index (χ0) is 17.6. The molecule has 0 aliphatic carbocycles. The SMILES string of the molecule is CCCC(C)(N)C(=O)Nc1cccc(OCc2ccc(F)cc2)c1.Cl. The Morgan fingerprint density at radius 3 is 2.56 bits per heavy atom. The molecule has 1 atom stereocenters. The lowest BCUT2D eigenvalue weighted by atomic mass is 9.96. The molecule has 0 saturated heterocycles. The van der Waals surface area contributed by atoms with Crippen LogP contribution in [0.3, 0.4) is 0 Å². The maximum Gasteiger partial charge on any atom is 0.244 e. The van der Waals surface area contributed by atoms with Crippen molar-refractivity contribution in [1.82, 2.24) is 0 Å². The van der Waals surface area contributed by atoms with E-state index in [-0.39, 0.29) is 24.1 Å². The van der Waals surface area contributed by atoms with Gasteiger partial charge in [0.2, 0.25) is 5.91 Å². The highest BCUT2D eigenvalue weighted by molar-refractivity contribution is 5.97. The average Bonchev–Trinajstić information content (AvgIpc) is 2.54. The van der Waals surface area contributed by atoms with Crippen LogP contribution >= 0.6 is 12.4 Å². The minimum Gasteiger partial charge on any atom is -0.489 e. The fourth-order valence-corrected chi connectivity index (χ4v) is 2.32. The quantitative estimate of drug-likeness (QED) is 0.768. The van der Waals surface area contributed by atoms with Crippen LogP contribution in [0.4, 0.5) is 10.1 Å². The van der Waals surface area contributed by atoms with Crippen molar-refractivity contribution in [1.29, 1.82) is 0 Å². The van der Waals surface area contributed by atoms with E-state index in [1.165, 1.54) is 12.1 Å². The van der Waals surface area contributed by atoms with Crippen molar-refractivity contribution in [2.75, 3.05) is 5.32 Å². The molecule has 2 aromatic rings. The normalized spacial score (nSPS) is 12.6. The van der Waals surface area contributed by atoms with Crippen LogP contribution < -0.4 is 15.8 Å². The van der Waals surface area contributed by atoms with E-state index >= 15 is 0 Å². The maximum atomic E-state index is 12.9. The Bertz CT molecular complexity index is 690. The first-order valence-electron chi connectivity index (χ1n) is 7.98. The lowest BCUT2D eigenvalue weighted by molar-refractivity contribution is -0.120. The van der Waals surface area contributed by atoms with Crippen molar-refractivity contribution in [2.24, 2.45) is 5.73 Å². The van der Waals surface area contributed by atoms with Gasteiger partial charge in [-0.25, -0.2) is 4.39 Å². The number of carbonyl (C=O) groups is 1. The van der Waals surface area contributed by atoms with Crippen LogP contribution in [0.2, 0.25) is 0 Å². The van der Waals surface area contributed by atoms with Gasteiger partial charge in [-0.15, -0.1) is 12.4 Å². The second kappa shape index (κ2) is 9.39. The Morgan fingerprint density at radius 2 is 1.92 bits per heavy atom. The summed E-state index contributed by atoms with van der Waals surface area (Å²) in [7, 11) is 0. The summed E-state index contributed by atoms with van der Waals surface area (Å²) in [4.78, 5) is 12.2. The van der Waals surface area contributed by atoms with E-state index in [0.29, 0.717) is 24.5 Å². The zero-order valence-corrected chi connectivity index (χ0v) is 15.2. The second-order valence-electron chi connectivity index (χ2n) is 6.06. The molecular weight excluding hydrogens is 343 g/mol. The fourth-order valence-electron chi connectivity index (χ4n) is 2.32. The lowest BCUT2D eigenvalue weighted by Gasteiger charge is -2.23. The first-order valence-corrected chi connectivity index (χ1v) is 7.98. The van der Waals surface area contributed by atoms with E-state index in [2.05, 4.69) is 5.32 Å². The van der Waals surface area contributed by atoms with E-state index in [0.717, 1.165) is 12.0 Å². The number of amides is 1. The summed E-state index contributed by atoms with van der Waals surface area (Å²) >= 11 is 0. The molecule has 0 fully saturated rings. The van der Waals surface area contributed by atoms with Crippen LogP contribution in [0.15, 0.2) is 48.5 Å². The molecule has 0 saturated carbocycles. The molecule has 25 heavy (non-hydrogen) atoms. The van der Waals surface area contributed by atoms with Gasteiger partial charge in [-0.05, 0) is 43.2 Å². The second-order valence-corrected chi connectivity index (χ2v) is 6.06. The molecular formula is C19H24ClFN2O2. The molecule has 6 heteroatoms. The summed E-state index contributed by atoms with van der Waals surface area (Å²) in [5.74, 6) is 0.117. The number of nitrogens with one attached hydrogen (secondary N) is 1. The number of rotatable bonds is 7. The Morgan fingerprint density at radius 1 is 1.24 bits per heavy atom. The standard InChI is InChI=1S/C19H23FN2O2.ClH/c1-3-11-19(2,21)18(23)22-16-5-4-6-17(12-16)24-13-14-7-9-15(20)10-8-14;/h4-10,12H,3,11,13,21H2,1-2H3,(H,22,23);1H. The molecule has 1 unspecified atom stereocenters. The van der Waals surface area contributed by atoms with Gasteiger partial charge in [-0.1, -0.05) is 31.5 Å². The molecule has 0 aromatic heterocycles. The highest BCUT2D eigenvalue weighted by Gasteiger charge is 2.27. The fraction of sp³-hybridized carbons (Fsp3) is 0.316. The van der Waals surface area contributed by atoms with Crippen LogP contribution in [-0.2, 0) is 11.4 Å². The molecule has 0 radical (unpaired) electrons. The van der Waals surface area contributed by atoms with Crippen LogP contribution in [0.1, 0.15) is 32.3 Å². The molecule has 0 aliphatic heterocycles. The summed E-state index contributed by atoms with van der Waals surface area (Å²) in [6.45, 7) is 4.03. The number of nitrogens with two attached hydrogens (primary N) is 1. The Hall–Kier alpha value is -2.11. The molecule has 0 heterocycles. The predicted octanol–water partition coefficient (Wildman–Crippen LogP) is 4.28. The molecule has 3 N–H and O–H groups in total. The van der Waals surface area contributed by atoms with Crippen LogP contribution in [0, 0.1) is 5.82 Å². The first kappa shape index (κ1) is 20.9. The maximum absolute atomic E-state index is 12.9. The van der Waals surface area contributed by atoms with Gasteiger partial charge in [0.05, 0.1) is 5.54 Å². The lowest BCUT2D eigenvalue weighted by Crippen LogP contribution is -2.48. The van der Waals surface area contributed by atoms with Gasteiger partial charge in [0.25, 0.3) is 0 Å². The van der Waals surface area contributed by atoms with E-state index in [1.807, 2.05) is 6.92 Å². The molecule has 0 aliphatic rings. The van der Waals surface area contributed by atoms with Crippen LogP contribution in [0.5, 0.6) is 5.75 Å². The molecule has 136 valence electrons. The molecule has 4 nitrogen and oxygen atoms in total. The number of halogens is 2. The minimum atomic E-state index is -0.903. The summed E-state index contributed by atoms with van der Waals surface area (Å²) in [5.41, 5.74) is 6.62. The van der Waals surface area contributed by atoms with Gasteiger partial charge >= 0.3 is 0 Å². The van der Waals surface area contributed by atoms with Crippen molar-refractivity contribution in [3.05, 3.63) is 59.9 Å². The number of hydrogen-bond acceptors (Lipinski definition) is 3. The Balaban J connectivity index is 0.00000312. The molecule has 2 aromatic carbocycles. The van der Waals surface area contributed by atoms with E-state index in [1.54, 1.807) is 43.3 Å². The predicted molar refractivity (Wildman–Crippen MR) is 101 cm³/mol. The van der Waals surface area contributed by atoms with Crippen molar-refractivity contribution in [3.8, 4) is 5.75 Å². The van der Waals surface area contributed by atoms with Gasteiger partial charge in [0.1, 0.15) is 18.2 Å². The first-order chi connectivity index (χ1) is 11.4. The van der Waals surface area contributed by atoms with Gasteiger partial charge < -0.3 is 15.8 Å². The van der Waals surface area contributed by atoms with Crippen LogP contribution in [-0.4, -0.2) is 11.4 Å². The van der Waals surface area contributed by atoms with Crippen molar-refractivity contribution in [2.45, 2.75) is 38.8 Å². The molecule has 1 amide bonds. The zero-order valence-electron chi connectivity index (χ0n) is 14.4. The summed E-state index contributed by atoms with van der Waals surface area (Å²) in [6.07, 6.45) is 1.45. The van der Waals surface area contributed by atoms with Crippen molar-refractivity contribution in [3.63, 3.8) is 0 Å². The Labute approximate surface area is 154 Å². The number of hydrogen-bond donors (Lipinski definition) is 2.